The first-order chi connectivity index (χ1) is 9.54. The zero-order valence-corrected chi connectivity index (χ0v) is 11.0. The summed E-state index contributed by atoms with van der Waals surface area (Å²) in [6.07, 6.45) is 0. The molecule has 2 aromatic carbocycles. The average molecular weight is 274 g/mol. The minimum Gasteiger partial charge on any atom is -0.481 e. The van der Waals surface area contributed by atoms with Crippen LogP contribution in [0.4, 0.5) is 15.8 Å². The highest BCUT2D eigenvalue weighted by Crippen LogP contribution is 2.19. The molecule has 0 aliphatic carbocycles. The molecule has 0 aliphatic rings. The summed E-state index contributed by atoms with van der Waals surface area (Å²) in [6.45, 7) is 1.69. The van der Waals surface area contributed by atoms with Gasteiger partial charge in [-0.05, 0) is 31.2 Å². The highest BCUT2D eigenvalue weighted by Gasteiger charge is 2.07. The van der Waals surface area contributed by atoms with Crippen molar-refractivity contribution in [1.29, 1.82) is 0 Å². The molecule has 0 fully saturated rings. The van der Waals surface area contributed by atoms with Gasteiger partial charge in [-0.3, -0.25) is 4.79 Å². The van der Waals surface area contributed by atoms with Crippen molar-refractivity contribution >= 4 is 17.3 Å². The van der Waals surface area contributed by atoms with Crippen molar-refractivity contribution in [2.75, 3.05) is 17.7 Å². The van der Waals surface area contributed by atoms with E-state index in [2.05, 4.69) is 5.32 Å². The van der Waals surface area contributed by atoms with E-state index in [1.807, 2.05) is 19.1 Å². The van der Waals surface area contributed by atoms with E-state index >= 15 is 0 Å². The van der Waals surface area contributed by atoms with Gasteiger partial charge < -0.3 is 15.8 Å². The third kappa shape index (κ3) is 3.71. The minimum absolute atomic E-state index is 0.00161. The summed E-state index contributed by atoms with van der Waals surface area (Å²) in [7, 11) is 0. The molecule has 0 aliphatic heterocycles. The van der Waals surface area contributed by atoms with Gasteiger partial charge in [-0.15, -0.1) is 0 Å². The van der Waals surface area contributed by atoms with Crippen molar-refractivity contribution in [2.45, 2.75) is 6.92 Å². The molecular weight excluding hydrogens is 259 g/mol. The maximum Gasteiger partial charge on any atom is 0.262 e. The Morgan fingerprint density at radius 3 is 2.60 bits per heavy atom. The lowest BCUT2D eigenvalue weighted by molar-refractivity contribution is -0.118. The normalized spacial score (nSPS) is 10.1. The quantitative estimate of drug-likeness (QED) is 0.842. The Bertz CT molecular complexity index is 612. The highest BCUT2D eigenvalue weighted by molar-refractivity contribution is 5.91. The van der Waals surface area contributed by atoms with Crippen LogP contribution in [0.2, 0.25) is 0 Å². The van der Waals surface area contributed by atoms with Gasteiger partial charge in [-0.2, -0.15) is 0 Å². The molecule has 5 heteroatoms. The topological polar surface area (TPSA) is 64.3 Å². The second-order valence-electron chi connectivity index (χ2n) is 4.39. The fourth-order valence-electron chi connectivity index (χ4n) is 1.61. The van der Waals surface area contributed by atoms with Crippen LogP contribution in [0.1, 0.15) is 5.56 Å². The molecule has 4 nitrogen and oxygen atoms in total. The van der Waals surface area contributed by atoms with Crippen molar-refractivity contribution in [3.05, 3.63) is 53.8 Å². The van der Waals surface area contributed by atoms with Crippen LogP contribution in [0.25, 0.3) is 0 Å². The summed E-state index contributed by atoms with van der Waals surface area (Å²) in [6, 6.07) is 11.4. The number of anilines is 2. The number of rotatable bonds is 4. The van der Waals surface area contributed by atoms with E-state index < -0.39 is 5.82 Å². The molecule has 2 aromatic rings. The smallest absolute Gasteiger partial charge is 0.262 e. The SMILES string of the molecule is Cc1ccc(NC(=O)COc2ccc(N)cc2F)cc1. The van der Waals surface area contributed by atoms with E-state index in [9.17, 15) is 9.18 Å². The third-order valence-electron chi connectivity index (χ3n) is 2.65. The molecule has 3 N–H and O–H groups in total. The molecule has 0 atom stereocenters. The summed E-state index contributed by atoms with van der Waals surface area (Å²) in [5.41, 5.74) is 7.50. The van der Waals surface area contributed by atoms with Gasteiger partial charge >= 0.3 is 0 Å². The van der Waals surface area contributed by atoms with Crippen LogP contribution < -0.4 is 15.8 Å². The van der Waals surface area contributed by atoms with Crippen molar-refractivity contribution in [3.8, 4) is 5.75 Å². The first kappa shape index (κ1) is 13.9. The van der Waals surface area contributed by atoms with Crippen LogP contribution in [0.5, 0.6) is 5.75 Å². The number of nitrogens with two attached hydrogens (primary N) is 1. The van der Waals surface area contributed by atoms with Gasteiger partial charge in [0.1, 0.15) is 0 Å². The molecule has 1 amide bonds. The number of hydrogen-bond acceptors (Lipinski definition) is 3. The molecule has 0 radical (unpaired) electrons. The molecule has 2 rings (SSSR count). The van der Waals surface area contributed by atoms with E-state index in [-0.39, 0.29) is 18.3 Å². The predicted octanol–water partition coefficient (Wildman–Crippen LogP) is 2.73. The highest BCUT2D eigenvalue weighted by atomic mass is 19.1. The number of amides is 1. The fraction of sp³-hybridized carbons (Fsp3) is 0.133. The number of carbonyl (C=O) groups excluding carboxylic acids is 1. The lowest BCUT2D eigenvalue weighted by Gasteiger charge is -2.08. The molecule has 104 valence electrons. The Morgan fingerprint density at radius 1 is 1.25 bits per heavy atom. The van der Waals surface area contributed by atoms with Crippen LogP contribution in [-0.2, 0) is 4.79 Å². The van der Waals surface area contributed by atoms with Gasteiger partial charge in [0.25, 0.3) is 5.91 Å². The van der Waals surface area contributed by atoms with E-state index in [1.54, 1.807) is 12.1 Å². The Morgan fingerprint density at radius 2 is 1.95 bits per heavy atom. The Balaban J connectivity index is 1.90. The van der Waals surface area contributed by atoms with Crippen molar-refractivity contribution < 1.29 is 13.9 Å². The van der Waals surface area contributed by atoms with Crippen molar-refractivity contribution in [1.82, 2.24) is 0 Å². The molecule has 0 aromatic heterocycles. The first-order valence-corrected chi connectivity index (χ1v) is 6.09. The number of ether oxygens (including phenoxy) is 1. The molecule has 0 heterocycles. The number of halogens is 1. The van der Waals surface area contributed by atoms with Gasteiger partial charge in [-0.1, -0.05) is 17.7 Å². The zero-order valence-electron chi connectivity index (χ0n) is 11.0. The van der Waals surface area contributed by atoms with Crippen molar-refractivity contribution in [3.63, 3.8) is 0 Å². The standard InChI is InChI=1S/C15H15FN2O2/c1-10-2-5-12(6-3-10)18-15(19)9-20-14-7-4-11(17)8-13(14)16/h2-8H,9,17H2,1H3,(H,18,19). The van der Waals surface area contributed by atoms with Gasteiger partial charge in [0.2, 0.25) is 0 Å². The van der Waals surface area contributed by atoms with Crippen LogP contribution in [0, 0.1) is 12.7 Å². The maximum atomic E-state index is 13.4. The number of nitrogens with one attached hydrogen (secondary N) is 1. The van der Waals surface area contributed by atoms with E-state index in [0.29, 0.717) is 11.4 Å². The summed E-state index contributed by atoms with van der Waals surface area (Å²) in [5.74, 6) is -0.948. The molecule has 20 heavy (non-hydrogen) atoms. The van der Waals surface area contributed by atoms with Gasteiger partial charge in [-0.25, -0.2) is 4.39 Å². The molecule has 0 spiro atoms. The van der Waals surface area contributed by atoms with Gasteiger partial charge in [0, 0.05) is 17.4 Å². The van der Waals surface area contributed by atoms with E-state index in [0.717, 1.165) is 11.6 Å². The lowest BCUT2D eigenvalue weighted by atomic mass is 10.2. The second-order valence-corrected chi connectivity index (χ2v) is 4.39. The van der Waals surface area contributed by atoms with Crippen LogP contribution in [0.3, 0.4) is 0 Å². The van der Waals surface area contributed by atoms with Crippen LogP contribution >= 0.6 is 0 Å². The molecule has 0 saturated heterocycles. The molecule has 0 saturated carbocycles. The number of carbonyl (C=O) groups is 1. The minimum atomic E-state index is -0.590. The van der Waals surface area contributed by atoms with Crippen molar-refractivity contribution in [2.24, 2.45) is 0 Å². The van der Waals surface area contributed by atoms with Gasteiger partial charge in [0.15, 0.2) is 18.2 Å². The number of hydrogen-bond donors (Lipinski definition) is 2. The summed E-state index contributed by atoms with van der Waals surface area (Å²) in [5, 5.41) is 2.66. The monoisotopic (exact) mass is 274 g/mol. The average Bonchev–Trinajstić information content (AvgIpc) is 2.40. The van der Waals surface area contributed by atoms with Crippen LogP contribution in [0.15, 0.2) is 42.5 Å². The number of aryl methyl sites for hydroxylation is 1. The molecular formula is C15H15FN2O2. The third-order valence-corrected chi connectivity index (χ3v) is 2.65. The molecule has 0 bridgehead atoms. The maximum absolute atomic E-state index is 13.4. The first-order valence-electron chi connectivity index (χ1n) is 6.09. The van der Waals surface area contributed by atoms with E-state index in [1.165, 1.54) is 12.1 Å². The largest absolute Gasteiger partial charge is 0.481 e. The summed E-state index contributed by atoms with van der Waals surface area (Å²) < 4.78 is 18.5. The lowest BCUT2D eigenvalue weighted by Crippen LogP contribution is -2.20. The Labute approximate surface area is 116 Å². The number of nitrogen functional groups attached to an aromatic ring is 1. The van der Waals surface area contributed by atoms with E-state index in [4.69, 9.17) is 10.5 Å². The zero-order chi connectivity index (χ0) is 14.5. The second kappa shape index (κ2) is 6.06. The number of benzene rings is 2. The fourth-order valence-corrected chi connectivity index (χ4v) is 1.61. The Kier molecular flexibility index (Phi) is 4.20. The predicted molar refractivity (Wildman–Crippen MR) is 76.1 cm³/mol. The molecule has 0 unspecified atom stereocenters. The Hall–Kier alpha value is -2.56. The van der Waals surface area contributed by atoms with Crippen LogP contribution in [-0.4, -0.2) is 12.5 Å². The van der Waals surface area contributed by atoms with Gasteiger partial charge in [0.05, 0.1) is 0 Å². The summed E-state index contributed by atoms with van der Waals surface area (Å²) >= 11 is 0. The summed E-state index contributed by atoms with van der Waals surface area (Å²) in [4.78, 5) is 11.7.